The van der Waals surface area contributed by atoms with Crippen molar-refractivity contribution in [1.82, 2.24) is 4.90 Å². The number of benzene rings is 3. The summed E-state index contributed by atoms with van der Waals surface area (Å²) in [6.07, 6.45) is 6.17. The average Bonchev–Trinajstić information content (AvgIpc) is 2.91. The predicted octanol–water partition coefficient (Wildman–Crippen LogP) is 8.90. The highest BCUT2D eigenvalue weighted by Crippen LogP contribution is 2.35. The standard InChI is InChI=1S/C32H40ClNO/c1-4-34(5-2)26(3)16-10-6-7-15-25-35-30-23-21-28(22-24-30)31(27-17-11-8-12-18-27)32(33)29-19-13-9-14-20-29/h8-9,11-14,17-24,26H,4-7,10,15-16,25H2,1-3H3. The first-order chi connectivity index (χ1) is 17.1. The van der Waals surface area contributed by atoms with Gasteiger partial charge in [-0.25, -0.2) is 0 Å². The van der Waals surface area contributed by atoms with Gasteiger partial charge >= 0.3 is 0 Å². The molecule has 3 rings (SSSR count). The molecular weight excluding hydrogens is 450 g/mol. The molecule has 0 aliphatic heterocycles. The van der Waals surface area contributed by atoms with Gasteiger partial charge in [0.1, 0.15) is 5.75 Å². The van der Waals surface area contributed by atoms with Gasteiger partial charge in [-0.1, -0.05) is 118 Å². The number of nitrogens with zero attached hydrogens (tertiary/aromatic N) is 1. The fraction of sp³-hybridized carbons (Fsp3) is 0.375. The van der Waals surface area contributed by atoms with Crippen LogP contribution in [0.25, 0.3) is 10.6 Å². The van der Waals surface area contributed by atoms with E-state index in [-0.39, 0.29) is 0 Å². The van der Waals surface area contributed by atoms with Gasteiger partial charge < -0.3 is 9.64 Å². The number of unbranched alkanes of at least 4 members (excludes halogenated alkanes) is 3. The van der Waals surface area contributed by atoms with Crippen LogP contribution in [0.3, 0.4) is 0 Å². The Morgan fingerprint density at radius 1 is 0.714 bits per heavy atom. The Labute approximate surface area is 217 Å². The fourth-order valence-corrected chi connectivity index (χ4v) is 4.93. The minimum absolute atomic E-state index is 0.685. The highest BCUT2D eigenvalue weighted by atomic mass is 35.5. The van der Waals surface area contributed by atoms with E-state index in [1.165, 1.54) is 25.7 Å². The lowest BCUT2D eigenvalue weighted by Crippen LogP contribution is -2.32. The van der Waals surface area contributed by atoms with E-state index in [1.54, 1.807) is 0 Å². The third kappa shape index (κ3) is 8.26. The van der Waals surface area contributed by atoms with Crippen molar-refractivity contribution in [3.8, 4) is 5.75 Å². The van der Waals surface area contributed by atoms with Crippen LogP contribution in [0.1, 0.15) is 69.6 Å². The highest BCUT2D eigenvalue weighted by Gasteiger charge is 2.13. The summed E-state index contributed by atoms with van der Waals surface area (Å²) in [5.41, 5.74) is 4.23. The van der Waals surface area contributed by atoms with Crippen molar-refractivity contribution in [1.29, 1.82) is 0 Å². The van der Waals surface area contributed by atoms with Crippen molar-refractivity contribution in [3.05, 3.63) is 102 Å². The van der Waals surface area contributed by atoms with E-state index < -0.39 is 0 Å². The van der Waals surface area contributed by atoms with E-state index >= 15 is 0 Å². The molecule has 0 bridgehead atoms. The Kier molecular flexibility index (Phi) is 11.4. The quantitative estimate of drug-likeness (QED) is 0.165. The number of hydrogen-bond donors (Lipinski definition) is 0. The Morgan fingerprint density at radius 3 is 1.86 bits per heavy atom. The molecule has 0 saturated heterocycles. The summed E-state index contributed by atoms with van der Waals surface area (Å²) in [5.74, 6) is 0.909. The molecule has 35 heavy (non-hydrogen) atoms. The number of rotatable bonds is 14. The van der Waals surface area contributed by atoms with Gasteiger partial charge in [-0.15, -0.1) is 0 Å². The molecule has 0 fully saturated rings. The van der Waals surface area contributed by atoms with Gasteiger partial charge in [-0.3, -0.25) is 0 Å². The van der Waals surface area contributed by atoms with E-state index in [1.807, 2.05) is 48.5 Å². The van der Waals surface area contributed by atoms with Crippen molar-refractivity contribution < 1.29 is 4.74 Å². The molecule has 3 aromatic rings. The van der Waals surface area contributed by atoms with Crippen molar-refractivity contribution in [2.45, 2.75) is 58.9 Å². The predicted molar refractivity (Wildman–Crippen MR) is 152 cm³/mol. The minimum Gasteiger partial charge on any atom is -0.494 e. The van der Waals surface area contributed by atoms with Gasteiger partial charge in [0.15, 0.2) is 0 Å². The zero-order chi connectivity index (χ0) is 24.9. The van der Waals surface area contributed by atoms with Crippen molar-refractivity contribution in [2.24, 2.45) is 0 Å². The smallest absolute Gasteiger partial charge is 0.119 e. The van der Waals surface area contributed by atoms with Crippen molar-refractivity contribution in [3.63, 3.8) is 0 Å². The summed E-state index contributed by atoms with van der Waals surface area (Å²) in [6, 6.07) is 29.5. The maximum absolute atomic E-state index is 6.92. The third-order valence-electron chi connectivity index (χ3n) is 6.67. The third-order valence-corrected chi connectivity index (χ3v) is 7.08. The number of ether oxygens (including phenoxy) is 1. The molecule has 2 nitrogen and oxygen atoms in total. The van der Waals surface area contributed by atoms with Crippen LogP contribution in [0.5, 0.6) is 5.75 Å². The lowest BCUT2D eigenvalue weighted by Gasteiger charge is -2.26. The summed E-state index contributed by atoms with van der Waals surface area (Å²) in [5, 5.41) is 0.751. The fourth-order valence-electron chi connectivity index (χ4n) is 4.59. The maximum atomic E-state index is 6.92. The summed E-state index contributed by atoms with van der Waals surface area (Å²) in [4.78, 5) is 2.54. The lowest BCUT2D eigenvalue weighted by atomic mass is 9.95. The molecule has 1 atom stereocenters. The first kappa shape index (κ1) is 27.0. The number of hydrogen-bond acceptors (Lipinski definition) is 2. The zero-order valence-corrected chi connectivity index (χ0v) is 22.3. The molecule has 0 spiro atoms. The molecule has 0 aromatic heterocycles. The Hall–Kier alpha value is -2.55. The zero-order valence-electron chi connectivity index (χ0n) is 21.6. The average molecular weight is 490 g/mol. The monoisotopic (exact) mass is 489 g/mol. The van der Waals surface area contributed by atoms with Crippen LogP contribution < -0.4 is 4.74 Å². The van der Waals surface area contributed by atoms with Crippen LogP contribution in [0, 0.1) is 0 Å². The van der Waals surface area contributed by atoms with Gasteiger partial charge in [0.2, 0.25) is 0 Å². The van der Waals surface area contributed by atoms with E-state index in [4.69, 9.17) is 16.3 Å². The molecule has 0 N–H and O–H groups in total. The van der Waals surface area contributed by atoms with Gasteiger partial charge in [-0.05, 0) is 61.7 Å². The second-order valence-corrected chi connectivity index (χ2v) is 9.44. The van der Waals surface area contributed by atoms with E-state index in [0.29, 0.717) is 6.04 Å². The topological polar surface area (TPSA) is 12.5 Å². The minimum atomic E-state index is 0.685. The van der Waals surface area contributed by atoms with Crippen LogP contribution in [0.4, 0.5) is 0 Å². The molecule has 0 heterocycles. The number of halogens is 1. The molecule has 0 aliphatic rings. The lowest BCUT2D eigenvalue weighted by molar-refractivity contribution is 0.216. The van der Waals surface area contributed by atoms with Crippen LogP contribution in [0.15, 0.2) is 84.9 Å². The summed E-state index contributed by atoms with van der Waals surface area (Å²) in [6.45, 7) is 9.90. The molecule has 0 amide bonds. The van der Waals surface area contributed by atoms with Gasteiger partial charge in [0.25, 0.3) is 0 Å². The Balaban J connectivity index is 1.54. The summed E-state index contributed by atoms with van der Waals surface area (Å²) in [7, 11) is 0. The van der Waals surface area contributed by atoms with E-state index in [0.717, 1.165) is 59.2 Å². The van der Waals surface area contributed by atoms with Crippen LogP contribution >= 0.6 is 11.6 Å². The second-order valence-electron chi connectivity index (χ2n) is 9.07. The largest absolute Gasteiger partial charge is 0.494 e. The highest BCUT2D eigenvalue weighted by molar-refractivity contribution is 6.53. The molecule has 3 heteroatoms. The first-order valence-electron chi connectivity index (χ1n) is 13.1. The Bertz CT molecular complexity index is 1010. The van der Waals surface area contributed by atoms with Crippen molar-refractivity contribution >= 4 is 22.2 Å². The molecular formula is C32H40ClNO. The summed E-state index contributed by atoms with van der Waals surface area (Å²) >= 11 is 6.92. The normalized spacial score (nSPS) is 12.9. The van der Waals surface area contributed by atoms with Crippen molar-refractivity contribution in [2.75, 3.05) is 19.7 Å². The van der Waals surface area contributed by atoms with E-state index in [2.05, 4.69) is 62.1 Å². The molecule has 186 valence electrons. The molecule has 0 saturated carbocycles. The molecule has 1 unspecified atom stereocenters. The first-order valence-corrected chi connectivity index (χ1v) is 13.5. The van der Waals surface area contributed by atoms with Gasteiger partial charge in [0.05, 0.1) is 11.6 Å². The molecule has 0 radical (unpaired) electrons. The SMILES string of the molecule is CCN(CC)C(C)CCCCCCOc1ccc(C(=C(Cl)c2ccccc2)c2ccccc2)cc1. The second kappa shape index (κ2) is 14.8. The van der Waals surface area contributed by atoms with Crippen LogP contribution in [-0.4, -0.2) is 30.6 Å². The Morgan fingerprint density at radius 2 is 1.26 bits per heavy atom. The summed E-state index contributed by atoms with van der Waals surface area (Å²) < 4.78 is 6.03. The van der Waals surface area contributed by atoms with Gasteiger partial charge in [0, 0.05) is 11.6 Å². The maximum Gasteiger partial charge on any atom is 0.119 e. The van der Waals surface area contributed by atoms with Crippen LogP contribution in [-0.2, 0) is 0 Å². The van der Waals surface area contributed by atoms with Crippen LogP contribution in [0.2, 0.25) is 0 Å². The van der Waals surface area contributed by atoms with Gasteiger partial charge in [-0.2, -0.15) is 0 Å². The molecule has 3 aromatic carbocycles. The van der Waals surface area contributed by atoms with E-state index in [9.17, 15) is 0 Å². The molecule has 0 aliphatic carbocycles.